The van der Waals surface area contributed by atoms with Crippen LogP contribution in [0.2, 0.25) is 0 Å². The summed E-state index contributed by atoms with van der Waals surface area (Å²) in [6.45, 7) is 1.76. The highest BCUT2D eigenvalue weighted by Crippen LogP contribution is 2.16. The zero-order valence-corrected chi connectivity index (χ0v) is 11.6. The van der Waals surface area contributed by atoms with Crippen LogP contribution < -0.4 is 5.32 Å². The maximum atomic E-state index is 11.8. The second kappa shape index (κ2) is 6.08. The first kappa shape index (κ1) is 13.8. The summed E-state index contributed by atoms with van der Waals surface area (Å²) in [6.07, 6.45) is 3.00. The molecular formula is C12H12N8O2. The van der Waals surface area contributed by atoms with Crippen molar-refractivity contribution in [1.82, 2.24) is 40.6 Å². The minimum Gasteiger partial charge on any atom is -0.343 e. The predicted molar refractivity (Wildman–Crippen MR) is 71.9 cm³/mol. The predicted octanol–water partition coefficient (Wildman–Crippen LogP) is -0.00450. The molecule has 10 heteroatoms. The van der Waals surface area contributed by atoms with Gasteiger partial charge in [-0.15, -0.1) is 5.10 Å². The molecule has 22 heavy (non-hydrogen) atoms. The molecule has 0 bridgehead atoms. The molecule has 3 aromatic heterocycles. The van der Waals surface area contributed by atoms with Crippen molar-refractivity contribution in [3.63, 3.8) is 0 Å². The average molecular weight is 300 g/mol. The first-order chi connectivity index (χ1) is 10.7. The number of tetrazole rings is 1. The fraction of sp³-hybridized carbons (Fsp3) is 0.250. The molecule has 0 aromatic carbocycles. The quantitative estimate of drug-likeness (QED) is 0.697. The van der Waals surface area contributed by atoms with Crippen LogP contribution in [-0.2, 0) is 11.3 Å². The lowest BCUT2D eigenvalue weighted by Crippen LogP contribution is -2.30. The van der Waals surface area contributed by atoms with Crippen LogP contribution in [0, 0.1) is 0 Å². The molecular weight excluding hydrogens is 288 g/mol. The summed E-state index contributed by atoms with van der Waals surface area (Å²) in [6, 6.07) is 4.96. The van der Waals surface area contributed by atoms with E-state index in [0.717, 1.165) is 0 Å². The van der Waals surface area contributed by atoms with E-state index in [1.54, 1.807) is 25.3 Å². The molecule has 3 rings (SSSR count). The van der Waals surface area contributed by atoms with Crippen LogP contribution in [0.5, 0.6) is 0 Å². The monoisotopic (exact) mass is 300 g/mol. The SMILES string of the molecule is CC(NC(=O)Cn1cnnn1)c1nc(-c2ccccn2)no1. The van der Waals surface area contributed by atoms with E-state index in [2.05, 4.69) is 36.0 Å². The highest BCUT2D eigenvalue weighted by molar-refractivity contribution is 5.75. The highest BCUT2D eigenvalue weighted by atomic mass is 16.5. The van der Waals surface area contributed by atoms with Gasteiger partial charge in [0, 0.05) is 6.20 Å². The first-order valence-corrected chi connectivity index (χ1v) is 6.47. The Hall–Kier alpha value is -3.17. The molecule has 3 heterocycles. The summed E-state index contributed by atoms with van der Waals surface area (Å²) in [4.78, 5) is 20.2. The van der Waals surface area contributed by atoms with Crippen molar-refractivity contribution >= 4 is 5.91 Å². The number of carbonyl (C=O) groups is 1. The van der Waals surface area contributed by atoms with Gasteiger partial charge in [0.05, 0.1) is 0 Å². The van der Waals surface area contributed by atoms with Gasteiger partial charge in [0.2, 0.25) is 17.6 Å². The van der Waals surface area contributed by atoms with Gasteiger partial charge in [0.1, 0.15) is 24.6 Å². The molecule has 3 aromatic rings. The van der Waals surface area contributed by atoms with Crippen LogP contribution in [0.3, 0.4) is 0 Å². The Bertz CT molecular complexity index is 740. The Morgan fingerprint density at radius 2 is 2.36 bits per heavy atom. The molecule has 0 aliphatic rings. The van der Waals surface area contributed by atoms with Crippen LogP contribution in [-0.4, -0.2) is 41.2 Å². The number of amides is 1. The minimum absolute atomic E-state index is 0.0125. The van der Waals surface area contributed by atoms with Crippen molar-refractivity contribution in [2.75, 3.05) is 0 Å². The lowest BCUT2D eigenvalue weighted by atomic mass is 10.3. The van der Waals surface area contributed by atoms with E-state index in [9.17, 15) is 4.79 Å². The molecule has 1 N–H and O–H groups in total. The average Bonchev–Trinajstić information content (AvgIpc) is 3.19. The van der Waals surface area contributed by atoms with Crippen molar-refractivity contribution in [1.29, 1.82) is 0 Å². The summed E-state index contributed by atoms with van der Waals surface area (Å²) < 4.78 is 6.47. The summed E-state index contributed by atoms with van der Waals surface area (Å²) in [5.74, 6) is 0.403. The molecule has 0 fully saturated rings. The highest BCUT2D eigenvalue weighted by Gasteiger charge is 2.18. The number of pyridine rings is 1. The van der Waals surface area contributed by atoms with Crippen LogP contribution in [0.4, 0.5) is 0 Å². The molecule has 0 spiro atoms. The zero-order valence-electron chi connectivity index (χ0n) is 11.6. The molecule has 0 aliphatic heterocycles. The molecule has 10 nitrogen and oxygen atoms in total. The largest absolute Gasteiger partial charge is 0.343 e. The van der Waals surface area contributed by atoms with Gasteiger partial charge in [0.15, 0.2) is 0 Å². The van der Waals surface area contributed by atoms with Crippen molar-refractivity contribution < 1.29 is 9.32 Å². The fourth-order valence-corrected chi connectivity index (χ4v) is 1.76. The lowest BCUT2D eigenvalue weighted by Gasteiger charge is -2.08. The van der Waals surface area contributed by atoms with Gasteiger partial charge in [-0.05, 0) is 29.5 Å². The third-order valence-corrected chi connectivity index (χ3v) is 2.78. The topological polar surface area (TPSA) is 125 Å². The number of rotatable bonds is 5. The van der Waals surface area contributed by atoms with Crippen molar-refractivity contribution in [3.8, 4) is 11.5 Å². The lowest BCUT2D eigenvalue weighted by molar-refractivity contribution is -0.122. The Morgan fingerprint density at radius 3 is 3.09 bits per heavy atom. The summed E-state index contributed by atoms with van der Waals surface area (Å²) in [5, 5.41) is 17.1. The Kier molecular flexibility index (Phi) is 3.81. The van der Waals surface area contributed by atoms with Gasteiger partial charge in [-0.25, -0.2) is 4.68 Å². The number of hydrogen-bond donors (Lipinski definition) is 1. The van der Waals surface area contributed by atoms with E-state index in [-0.39, 0.29) is 12.5 Å². The maximum Gasteiger partial charge on any atom is 0.249 e. The molecule has 1 amide bonds. The molecule has 0 saturated heterocycles. The van der Waals surface area contributed by atoms with Crippen LogP contribution in [0.15, 0.2) is 35.2 Å². The molecule has 1 atom stereocenters. The van der Waals surface area contributed by atoms with Crippen molar-refractivity contribution in [3.05, 3.63) is 36.6 Å². The molecule has 1 unspecified atom stereocenters. The summed E-state index contributed by atoms with van der Waals surface area (Å²) in [5.41, 5.74) is 0.602. The minimum atomic E-state index is -0.436. The summed E-state index contributed by atoms with van der Waals surface area (Å²) >= 11 is 0. The van der Waals surface area contributed by atoms with Gasteiger partial charge >= 0.3 is 0 Å². The standard InChI is InChI=1S/C12H12N8O2/c1-8(15-10(21)6-20-7-14-18-19-20)12-16-11(17-22-12)9-4-2-3-5-13-9/h2-5,7-8H,6H2,1H3,(H,15,21). The number of aromatic nitrogens is 7. The molecule has 0 saturated carbocycles. The van der Waals surface area contributed by atoms with E-state index in [1.807, 2.05) is 6.07 Å². The third-order valence-electron chi connectivity index (χ3n) is 2.78. The zero-order chi connectivity index (χ0) is 15.4. The van der Waals surface area contributed by atoms with E-state index in [1.165, 1.54) is 11.0 Å². The van der Waals surface area contributed by atoms with Crippen LogP contribution in [0.1, 0.15) is 18.9 Å². The Labute approximate surface area is 124 Å². The number of nitrogens with zero attached hydrogens (tertiary/aromatic N) is 7. The fourth-order valence-electron chi connectivity index (χ4n) is 1.76. The van der Waals surface area contributed by atoms with Crippen LogP contribution in [0.25, 0.3) is 11.5 Å². The number of nitrogens with one attached hydrogen (secondary N) is 1. The number of carbonyl (C=O) groups excluding carboxylic acids is 1. The second-order valence-electron chi connectivity index (χ2n) is 4.47. The van der Waals surface area contributed by atoms with Crippen molar-refractivity contribution in [2.45, 2.75) is 19.5 Å². The summed E-state index contributed by atoms with van der Waals surface area (Å²) in [7, 11) is 0. The van der Waals surface area contributed by atoms with Crippen molar-refractivity contribution in [2.24, 2.45) is 0 Å². The van der Waals surface area contributed by atoms with E-state index in [4.69, 9.17) is 4.52 Å². The number of hydrogen-bond acceptors (Lipinski definition) is 8. The molecule has 0 aliphatic carbocycles. The van der Waals surface area contributed by atoms with Gasteiger partial charge in [0.25, 0.3) is 0 Å². The Balaban J connectivity index is 1.64. The van der Waals surface area contributed by atoms with E-state index in [0.29, 0.717) is 17.4 Å². The van der Waals surface area contributed by atoms with E-state index >= 15 is 0 Å². The van der Waals surface area contributed by atoms with Gasteiger partial charge < -0.3 is 9.84 Å². The van der Waals surface area contributed by atoms with Gasteiger partial charge in [-0.2, -0.15) is 4.98 Å². The van der Waals surface area contributed by atoms with Gasteiger partial charge in [-0.3, -0.25) is 9.78 Å². The molecule has 112 valence electrons. The van der Waals surface area contributed by atoms with Crippen LogP contribution >= 0.6 is 0 Å². The first-order valence-electron chi connectivity index (χ1n) is 6.47. The van der Waals surface area contributed by atoms with E-state index < -0.39 is 6.04 Å². The maximum absolute atomic E-state index is 11.8. The second-order valence-corrected chi connectivity index (χ2v) is 4.47. The third kappa shape index (κ3) is 3.11. The normalized spacial score (nSPS) is 12.0. The molecule has 0 radical (unpaired) electrons. The smallest absolute Gasteiger partial charge is 0.249 e. The Morgan fingerprint density at radius 1 is 1.45 bits per heavy atom. The van der Waals surface area contributed by atoms with Gasteiger partial charge in [-0.1, -0.05) is 11.2 Å².